The van der Waals surface area contributed by atoms with Gasteiger partial charge in [-0.2, -0.15) is 5.10 Å². The molecule has 3 heterocycles. The van der Waals surface area contributed by atoms with E-state index in [1.807, 2.05) is 66.7 Å². The zero-order valence-electron chi connectivity index (χ0n) is 15.1. The summed E-state index contributed by atoms with van der Waals surface area (Å²) in [6, 6.07) is 22.0. The fourth-order valence-electron chi connectivity index (χ4n) is 3.59. The Kier molecular flexibility index (Phi) is 4.29. The molecular formula is C22H18ClN5. The van der Waals surface area contributed by atoms with Crippen molar-refractivity contribution in [2.45, 2.75) is 13.0 Å². The lowest BCUT2D eigenvalue weighted by Gasteiger charge is -2.27. The van der Waals surface area contributed by atoms with Crippen LogP contribution in [0.2, 0.25) is 5.02 Å². The summed E-state index contributed by atoms with van der Waals surface area (Å²) in [4.78, 5) is 2.25. The van der Waals surface area contributed by atoms with Crippen LogP contribution in [0.4, 0.5) is 5.82 Å². The SMILES string of the molecule is Clc1ccc(-c2n[nH]c3c2CN(c2ccc(-c4ccccc4)nn2)CC3)cc1. The van der Waals surface area contributed by atoms with E-state index < -0.39 is 0 Å². The maximum absolute atomic E-state index is 6.03. The lowest BCUT2D eigenvalue weighted by atomic mass is 10.0. The summed E-state index contributed by atoms with van der Waals surface area (Å²) in [6.07, 6.45) is 0.901. The zero-order chi connectivity index (χ0) is 18.9. The van der Waals surface area contributed by atoms with Crippen molar-refractivity contribution in [3.63, 3.8) is 0 Å². The minimum atomic E-state index is 0.726. The predicted octanol–water partition coefficient (Wildman–Crippen LogP) is 4.75. The molecule has 5 rings (SSSR count). The Morgan fingerprint density at radius 2 is 1.68 bits per heavy atom. The van der Waals surface area contributed by atoms with Gasteiger partial charge in [-0.15, -0.1) is 10.2 Å². The number of aromatic amines is 1. The van der Waals surface area contributed by atoms with Crippen molar-refractivity contribution in [1.82, 2.24) is 20.4 Å². The molecule has 1 aliphatic heterocycles. The molecule has 0 unspecified atom stereocenters. The second-order valence-corrected chi connectivity index (χ2v) is 7.29. The van der Waals surface area contributed by atoms with Crippen molar-refractivity contribution in [3.8, 4) is 22.5 Å². The molecule has 0 radical (unpaired) electrons. The van der Waals surface area contributed by atoms with Crippen LogP contribution in [0.1, 0.15) is 11.3 Å². The third-order valence-corrected chi connectivity index (χ3v) is 5.35. The highest BCUT2D eigenvalue weighted by Gasteiger charge is 2.23. The minimum absolute atomic E-state index is 0.726. The van der Waals surface area contributed by atoms with E-state index in [9.17, 15) is 0 Å². The second-order valence-electron chi connectivity index (χ2n) is 6.85. The van der Waals surface area contributed by atoms with E-state index in [2.05, 4.69) is 25.3 Å². The number of hydrogen-bond donors (Lipinski definition) is 1. The number of hydrogen-bond acceptors (Lipinski definition) is 4. The Hall–Kier alpha value is -3.18. The van der Waals surface area contributed by atoms with Crippen LogP contribution in [-0.4, -0.2) is 26.9 Å². The molecule has 0 saturated heterocycles. The van der Waals surface area contributed by atoms with E-state index in [-0.39, 0.29) is 0 Å². The van der Waals surface area contributed by atoms with Crippen LogP contribution in [0.25, 0.3) is 22.5 Å². The molecule has 0 bridgehead atoms. The summed E-state index contributed by atoms with van der Waals surface area (Å²) in [5.74, 6) is 0.883. The average molecular weight is 388 g/mol. The maximum atomic E-state index is 6.03. The lowest BCUT2D eigenvalue weighted by Crippen LogP contribution is -2.31. The smallest absolute Gasteiger partial charge is 0.151 e. The number of benzene rings is 2. The molecule has 4 aromatic rings. The first-order valence-electron chi connectivity index (χ1n) is 9.24. The van der Waals surface area contributed by atoms with Crippen molar-refractivity contribution in [2.75, 3.05) is 11.4 Å². The lowest BCUT2D eigenvalue weighted by molar-refractivity contribution is 0.704. The van der Waals surface area contributed by atoms with Gasteiger partial charge in [0.15, 0.2) is 5.82 Å². The first kappa shape index (κ1) is 17.0. The molecule has 0 fully saturated rings. The number of nitrogens with one attached hydrogen (secondary N) is 1. The normalized spacial score (nSPS) is 13.4. The number of anilines is 1. The molecule has 2 aromatic heterocycles. The average Bonchev–Trinajstić information content (AvgIpc) is 3.18. The Bertz CT molecular complexity index is 1090. The van der Waals surface area contributed by atoms with Crippen LogP contribution < -0.4 is 4.90 Å². The molecular weight excluding hydrogens is 370 g/mol. The Labute approximate surface area is 168 Å². The molecule has 5 nitrogen and oxygen atoms in total. The van der Waals surface area contributed by atoms with E-state index in [1.54, 1.807) is 0 Å². The Morgan fingerprint density at radius 1 is 0.857 bits per heavy atom. The molecule has 6 heteroatoms. The molecule has 0 aliphatic carbocycles. The first-order chi connectivity index (χ1) is 13.8. The number of halogens is 1. The molecule has 138 valence electrons. The van der Waals surface area contributed by atoms with Gasteiger partial charge in [-0.05, 0) is 24.3 Å². The topological polar surface area (TPSA) is 57.7 Å². The first-order valence-corrected chi connectivity index (χ1v) is 9.62. The van der Waals surface area contributed by atoms with Gasteiger partial charge < -0.3 is 4.90 Å². The summed E-state index contributed by atoms with van der Waals surface area (Å²) < 4.78 is 0. The van der Waals surface area contributed by atoms with Crippen LogP contribution in [0.15, 0.2) is 66.7 Å². The van der Waals surface area contributed by atoms with Gasteiger partial charge in [-0.3, -0.25) is 5.10 Å². The summed E-state index contributed by atoms with van der Waals surface area (Å²) in [5.41, 5.74) is 6.40. The van der Waals surface area contributed by atoms with Crippen molar-refractivity contribution < 1.29 is 0 Å². The Morgan fingerprint density at radius 3 is 2.43 bits per heavy atom. The summed E-state index contributed by atoms with van der Waals surface area (Å²) in [6.45, 7) is 1.64. The van der Waals surface area contributed by atoms with E-state index in [1.165, 1.54) is 11.3 Å². The third kappa shape index (κ3) is 3.14. The highest BCUT2D eigenvalue weighted by molar-refractivity contribution is 6.30. The monoisotopic (exact) mass is 387 g/mol. The number of aromatic nitrogens is 4. The molecule has 0 atom stereocenters. The van der Waals surface area contributed by atoms with E-state index in [0.717, 1.165) is 52.9 Å². The predicted molar refractivity (Wildman–Crippen MR) is 111 cm³/mol. The van der Waals surface area contributed by atoms with Gasteiger partial charge in [0.25, 0.3) is 0 Å². The molecule has 0 spiro atoms. The van der Waals surface area contributed by atoms with Gasteiger partial charge in [-0.1, -0.05) is 54.1 Å². The van der Waals surface area contributed by atoms with Gasteiger partial charge in [-0.25, -0.2) is 0 Å². The van der Waals surface area contributed by atoms with E-state index in [4.69, 9.17) is 11.6 Å². The fraction of sp³-hybridized carbons (Fsp3) is 0.136. The largest absolute Gasteiger partial charge is 0.350 e. The number of fused-ring (bicyclic) bond motifs is 1. The fourth-order valence-corrected chi connectivity index (χ4v) is 3.72. The van der Waals surface area contributed by atoms with Gasteiger partial charge >= 0.3 is 0 Å². The summed E-state index contributed by atoms with van der Waals surface area (Å²) in [7, 11) is 0. The highest BCUT2D eigenvalue weighted by Crippen LogP contribution is 2.31. The maximum Gasteiger partial charge on any atom is 0.151 e. The van der Waals surface area contributed by atoms with E-state index in [0.29, 0.717) is 0 Å². The van der Waals surface area contributed by atoms with Gasteiger partial charge in [0.05, 0.1) is 11.4 Å². The van der Waals surface area contributed by atoms with E-state index >= 15 is 0 Å². The standard InChI is InChI=1S/C22H18ClN5/c23-17-8-6-16(7-9-17)22-18-14-28(13-12-20(18)25-27-22)21-11-10-19(24-26-21)15-4-2-1-3-5-15/h1-11H,12-14H2,(H,25,27). The Balaban J connectivity index is 1.41. The molecule has 1 N–H and O–H groups in total. The molecule has 0 amide bonds. The van der Waals surface area contributed by atoms with Crippen LogP contribution in [0.5, 0.6) is 0 Å². The minimum Gasteiger partial charge on any atom is -0.350 e. The molecule has 2 aromatic carbocycles. The second kappa shape index (κ2) is 7.09. The molecule has 1 aliphatic rings. The summed E-state index contributed by atoms with van der Waals surface area (Å²) >= 11 is 6.03. The number of rotatable bonds is 3. The van der Waals surface area contributed by atoms with Gasteiger partial charge in [0, 0.05) is 46.9 Å². The third-order valence-electron chi connectivity index (χ3n) is 5.10. The van der Waals surface area contributed by atoms with Gasteiger partial charge in [0.1, 0.15) is 0 Å². The van der Waals surface area contributed by atoms with Crippen molar-refractivity contribution in [3.05, 3.63) is 83.0 Å². The number of nitrogens with zero attached hydrogens (tertiary/aromatic N) is 4. The summed E-state index contributed by atoms with van der Waals surface area (Å²) in [5, 5.41) is 17.4. The molecule has 0 saturated carbocycles. The number of H-pyrrole nitrogens is 1. The van der Waals surface area contributed by atoms with Crippen molar-refractivity contribution >= 4 is 17.4 Å². The van der Waals surface area contributed by atoms with Gasteiger partial charge in [0.2, 0.25) is 0 Å². The van der Waals surface area contributed by atoms with Crippen LogP contribution in [-0.2, 0) is 13.0 Å². The van der Waals surface area contributed by atoms with Crippen LogP contribution in [0, 0.1) is 0 Å². The zero-order valence-corrected chi connectivity index (χ0v) is 15.9. The molecule has 28 heavy (non-hydrogen) atoms. The van der Waals surface area contributed by atoms with Crippen LogP contribution >= 0.6 is 11.6 Å². The van der Waals surface area contributed by atoms with Crippen LogP contribution in [0.3, 0.4) is 0 Å². The quantitative estimate of drug-likeness (QED) is 0.551. The highest BCUT2D eigenvalue weighted by atomic mass is 35.5. The van der Waals surface area contributed by atoms with Crippen molar-refractivity contribution in [2.24, 2.45) is 0 Å². The van der Waals surface area contributed by atoms with Crippen molar-refractivity contribution in [1.29, 1.82) is 0 Å².